The van der Waals surface area contributed by atoms with Gasteiger partial charge in [0.15, 0.2) is 0 Å². The average Bonchev–Trinajstić information content (AvgIpc) is 3.39. The molecule has 2 atom stereocenters. The van der Waals surface area contributed by atoms with Gasteiger partial charge in [-0.3, -0.25) is 9.59 Å². The number of esters is 1. The maximum absolute atomic E-state index is 12.5. The Bertz CT molecular complexity index is 1230. The summed E-state index contributed by atoms with van der Waals surface area (Å²) in [7, 11) is 0. The van der Waals surface area contributed by atoms with Crippen LogP contribution in [0.2, 0.25) is 0 Å². The van der Waals surface area contributed by atoms with Crippen molar-refractivity contribution in [1.82, 2.24) is 5.32 Å². The van der Waals surface area contributed by atoms with Gasteiger partial charge in [0, 0.05) is 12.8 Å². The molecule has 0 spiro atoms. The number of aliphatic hydroxyl groups is 2. The van der Waals surface area contributed by atoms with Crippen molar-refractivity contribution in [2.24, 2.45) is 0 Å². The van der Waals surface area contributed by atoms with Gasteiger partial charge in [-0.2, -0.15) is 0 Å². The van der Waals surface area contributed by atoms with E-state index in [0.29, 0.717) is 19.4 Å². The number of carbonyl (C=O) groups excluding carboxylic acids is 2. The Morgan fingerprint density at radius 1 is 0.384 bits per heavy atom. The fraction of sp³-hybridized carbons (Fsp3) is 0.851. The number of rotatable bonds is 60. The molecule has 6 nitrogen and oxygen atoms in total. The molecule has 0 saturated heterocycles. The van der Waals surface area contributed by atoms with Crippen molar-refractivity contribution in [3.05, 3.63) is 48.6 Å². The Balaban J connectivity index is 3.50. The summed E-state index contributed by atoms with van der Waals surface area (Å²) in [6.07, 6.45) is 80.1. The lowest BCUT2D eigenvalue weighted by molar-refractivity contribution is -0.143. The zero-order chi connectivity index (χ0) is 52.9. The molecule has 0 aliphatic heterocycles. The fourth-order valence-electron chi connectivity index (χ4n) is 9.84. The van der Waals surface area contributed by atoms with Crippen LogP contribution in [0.4, 0.5) is 0 Å². The van der Waals surface area contributed by atoms with Crippen molar-refractivity contribution in [2.45, 2.75) is 353 Å². The molecule has 0 fully saturated rings. The van der Waals surface area contributed by atoms with Gasteiger partial charge in [0.05, 0.1) is 25.4 Å². The Morgan fingerprint density at radius 2 is 0.685 bits per heavy atom. The second-order valence-corrected chi connectivity index (χ2v) is 22.1. The third-order valence-electron chi connectivity index (χ3n) is 14.8. The summed E-state index contributed by atoms with van der Waals surface area (Å²) in [5, 5.41) is 23.2. The highest BCUT2D eigenvalue weighted by molar-refractivity contribution is 5.76. The first kappa shape index (κ1) is 70.8. The number of hydrogen-bond donors (Lipinski definition) is 3. The molecule has 0 bridgehead atoms. The van der Waals surface area contributed by atoms with E-state index in [2.05, 4.69) is 55.6 Å². The van der Waals surface area contributed by atoms with Crippen molar-refractivity contribution in [1.29, 1.82) is 0 Å². The maximum atomic E-state index is 12.5. The smallest absolute Gasteiger partial charge is 0.305 e. The molecule has 73 heavy (non-hydrogen) atoms. The van der Waals surface area contributed by atoms with Crippen LogP contribution >= 0.6 is 0 Å². The second kappa shape index (κ2) is 62.4. The summed E-state index contributed by atoms with van der Waals surface area (Å²) in [5.74, 6) is -0.0995. The largest absolute Gasteiger partial charge is 0.466 e. The number of allylic oxidation sites excluding steroid dienone is 7. The SMILES string of the molecule is CCCCCC/C=C\C/C=C\CCCCCCCCCC(=O)OCCCCCC/C=C\CCCCCCCCCC(=O)NC(CO)C(O)/C=C/CCCCCCCCCCCCCCCCCCCCCCC. The van der Waals surface area contributed by atoms with Crippen molar-refractivity contribution >= 4 is 11.9 Å². The van der Waals surface area contributed by atoms with E-state index in [1.165, 1.54) is 238 Å². The highest BCUT2D eigenvalue weighted by Gasteiger charge is 2.18. The Hall–Kier alpha value is -2.18. The van der Waals surface area contributed by atoms with E-state index >= 15 is 0 Å². The van der Waals surface area contributed by atoms with E-state index in [-0.39, 0.29) is 18.5 Å². The topological polar surface area (TPSA) is 95.9 Å². The second-order valence-electron chi connectivity index (χ2n) is 22.1. The molecular weight excluding hydrogens is 899 g/mol. The van der Waals surface area contributed by atoms with Crippen LogP contribution in [0.25, 0.3) is 0 Å². The van der Waals surface area contributed by atoms with Crippen molar-refractivity contribution in [3.63, 3.8) is 0 Å². The summed E-state index contributed by atoms with van der Waals surface area (Å²) in [5.41, 5.74) is 0. The van der Waals surface area contributed by atoms with E-state index in [1.807, 2.05) is 6.08 Å². The van der Waals surface area contributed by atoms with Crippen LogP contribution in [0.1, 0.15) is 341 Å². The van der Waals surface area contributed by atoms with Crippen LogP contribution in [0.3, 0.4) is 0 Å². The number of amides is 1. The zero-order valence-electron chi connectivity index (χ0n) is 48.9. The van der Waals surface area contributed by atoms with Gasteiger partial charge in [-0.05, 0) is 89.9 Å². The van der Waals surface area contributed by atoms with E-state index < -0.39 is 12.1 Å². The van der Waals surface area contributed by atoms with Gasteiger partial charge in [0.1, 0.15) is 0 Å². The fourth-order valence-corrected chi connectivity index (χ4v) is 9.84. The monoisotopic (exact) mass is 1020 g/mol. The molecule has 0 radical (unpaired) electrons. The lowest BCUT2D eigenvalue weighted by atomic mass is 10.0. The summed E-state index contributed by atoms with van der Waals surface area (Å²) in [6, 6.07) is -0.642. The number of ether oxygens (including phenoxy) is 1. The number of carbonyl (C=O) groups is 2. The molecule has 0 aromatic rings. The van der Waals surface area contributed by atoms with Gasteiger partial charge in [-0.25, -0.2) is 0 Å². The highest BCUT2D eigenvalue weighted by atomic mass is 16.5. The molecule has 0 aliphatic carbocycles. The van der Waals surface area contributed by atoms with Gasteiger partial charge in [0.2, 0.25) is 5.91 Å². The predicted octanol–water partition coefficient (Wildman–Crippen LogP) is 20.5. The number of nitrogens with one attached hydrogen (secondary N) is 1. The number of hydrogen-bond acceptors (Lipinski definition) is 5. The Morgan fingerprint density at radius 3 is 1.07 bits per heavy atom. The van der Waals surface area contributed by atoms with Crippen LogP contribution < -0.4 is 5.32 Å². The Kier molecular flexibility index (Phi) is 60.5. The van der Waals surface area contributed by atoms with Gasteiger partial charge >= 0.3 is 5.97 Å². The summed E-state index contributed by atoms with van der Waals surface area (Å²) in [4.78, 5) is 24.6. The average molecular weight is 1020 g/mol. The van der Waals surface area contributed by atoms with E-state index in [9.17, 15) is 19.8 Å². The molecule has 0 aromatic heterocycles. The molecule has 6 heteroatoms. The standard InChI is InChI=1S/C67H125NO5/c1-3-5-7-9-11-13-15-17-19-21-23-24-25-26-27-28-31-35-39-43-47-51-55-59-65(70)64(63-69)68-66(71)60-56-52-48-44-40-36-32-30-34-38-42-46-50-54-58-62-73-67(72)61-57-53-49-45-41-37-33-29-22-20-18-16-14-12-10-8-6-4-2/h14,16,20,22,34,38,55,59,64-65,69-70H,3-13,15,17-19,21,23-33,35-37,39-54,56-58,60-63H2,1-2H3,(H,68,71)/b16-14-,22-20-,38-34-,59-55+. The lowest BCUT2D eigenvalue weighted by Crippen LogP contribution is -2.45. The zero-order valence-corrected chi connectivity index (χ0v) is 48.9. The molecule has 0 heterocycles. The van der Waals surface area contributed by atoms with E-state index in [0.717, 1.165) is 77.0 Å². The van der Waals surface area contributed by atoms with Gasteiger partial charge in [0.25, 0.3) is 0 Å². The predicted molar refractivity (Wildman–Crippen MR) is 319 cm³/mol. The minimum Gasteiger partial charge on any atom is -0.466 e. The summed E-state index contributed by atoms with van der Waals surface area (Å²) < 4.78 is 5.47. The van der Waals surface area contributed by atoms with Crippen molar-refractivity contribution < 1.29 is 24.5 Å². The van der Waals surface area contributed by atoms with Crippen LogP contribution in [0.15, 0.2) is 48.6 Å². The number of unbranched alkanes of at least 4 members (excludes halogenated alkanes) is 43. The quantitative estimate of drug-likeness (QED) is 0.0320. The first-order valence-corrected chi connectivity index (χ1v) is 32.4. The molecule has 428 valence electrons. The third-order valence-corrected chi connectivity index (χ3v) is 14.8. The van der Waals surface area contributed by atoms with Crippen LogP contribution in [0.5, 0.6) is 0 Å². The molecular formula is C67H125NO5. The molecule has 3 N–H and O–H groups in total. The van der Waals surface area contributed by atoms with Crippen LogP contribution in [-0.4, -0.2) is 47.4 Å². The molecule has 0 aromatic carbocycles. The minimum atomic E-state index is -0.857. The Labute approximate surface area is 455 Å². The lowest BCUT2D eigenvalue weighted by Gasteiger charge is -2.20. The van der Waals surface area contributed by atoms with Crippen LogP contribution in [-0.2, 0) is 14.3 Å². The van der Waals surface area contributed by atoms with Gasteiger partial charge in [-0.1, -0.05) is 287 Å². The molecule has 1 amide bonds. The number of aliphatic hydroxyl groups excluding tert-OH is 2. The molecule has 0 saturated carbocycles. The first-order valence-electron chi connectivity index (χ1n) is 32.4. The summed E-state index contributed by atoms with van der Waals surface area (Å²) in [6.45, 7) is 4.87. The van der Waals surface area contributed by atoms with Gasteiger partial charge in [-0.15, -0.1) is 0 Å². The summed E-state index contributed by atoms with van der Waals surface area (Å²) >= 11 is 0. The molecule has 0 rings (SSSR count). The molecule has 2 unspecified atom stereocenters. The maximum Gasteiger partial charge on any atom is 0.305 e. The van der Waals surface area contributed by atoms with Crippen molar-refractivity contribution in [3.8, 4) is 0 Å². The molecule has 0 aliphatic rings. The minimum absolute atomic E-state index is 0.0183. The van der Waals surface area contributed by atoms with E-state index in [4.69, 9.17) is 4.74 Å². The third kappa shape index (κ3) is 58.9. The van der Waals surface area contributed by atoms with E-state index in [1.54, 1.807) is 6.08 Å². The van der Waals surface area contributed by atoms with Crippen molar-refractivity contribution in [2.75, 3.05) is 13.2 Å². The van der Waals surface area contributed by atoms with Gasteiger partial charge < -0.3 is 20.3 Å². The highest BCUT2D eigenvalue weighted by Crippen LogP contribution is 2.17. The first-order chi connectivity index (χ1) is 36.0. The van der Waals surface area contributed by atoms with Crippen LogP contribution in [0, 0.1) is 0 Å². The normalized spacial score (nSPS) is 12.9.